The molecule has 0 radical (unpaired) electrons. The molecule has 0 spiro atoms. The average molecular weight is 461 g/mol. The molecule has 0 atom stereocenters. The predicted octanol–water partition coefficient (Wildman–Crippen LogP) is 3.45. The number of amides is 2. The first kappa shape index (κ1) is 22.1. The van der Waals surface area contributed by atoms with Gasteiger partial charge in [-0.25, -0.2) is 9.98 Å². The van der Waals surface area contributed by atoms with Crippen molar-refractivity contribution in [3.05, 3.63) is 52.2 Å². The van der Waals surface area contributed by atoms with Gasteiger partial charge in [0.05, 0.1) is 18.2 Å². The molecule has 1 aliphatic heterocycles. The summed E-state index contributed by atoms with van der Waals surface area (Å²) in [5.41, 5.74) is 4.57. The van der Waals surface area contributed by atoms with Gasteiger partial charge in [0.1, 0.15) is 18.2 Å². The first-order valence-electron chi connectivity index (χ1n) is 11.5. The van der Waals surface area contributed by atoms with E-state index in [2.05, 4.69) is 20.6 Å². The van der Waals surface area contributed by atoms with Crippen molar-refractivity contribution in [1.82, 2.24) is 10.3 Å². The maximum atomic E-state index is 12.5. The Morgan fingerprint density at radius 2 is 2.03 bits per heavy atom. The van der Waals surface area contributed by atoms with Gasteiger partial charge in [-0.05, 0) is 56.0 Å². The number of nitrogens with zero attached hydrogens (tertiary/aromatic N) is 2. The third-order valence-corrected chi connectivity index (χ3v) is 6.33. The standard InChI is InChI=1S/C26H28N4O4/c1-26(2)13-34-25(30-26)15-7-8-17(21(11-15)33-4)16-9-18-19(10-16)22(29-23(31)14-5-6-14)28-12-20(18)24(32)27-3/h7-9,11-12,14H,5-6,10,13H2,1-4H3,(H,27,32)(H,28,29,31). The second-order valence-corrected chi connectivity index (χ2v) is 9.53. The molecule has 176 valence electrons. The highest BCUT2D eigenvalue weighted by Gasteiger charge is 2.32. The van der Waals surface area contributed by atoms with Crippen molar-refractivity contribution in [2.75, 3.05) is 26.1 Å². The molecular weight excluding hydrogens is 432 g/mol. The van der Waals surface area contributed by atoms with E-state index in [0.29, 0.717) is 36.1 Å². The van der Waals surface area contributed by atoms with E-state index in [1.54, 1.807) is 14.2 Å². The minimum absolute atomic E-state index is 0.0157. The number of pyridine rings is 1. The molecule has 8 nitrogen and oxygen atoms in total. The summed E-state index contributed by atoms with van der Waals surface area (Å²) in [4.78, 5) is 34.0. The molecule has 2 amide bonds. The van der Waals surface area contributed by atoms with Crippen LogP contribution in [0.2, 0.25) is 0 Å². The summed E-state index contributed by atoms with van der Waals surface area (Å²) in [5.74, 6) is 1.63. The Hall–Kier alpha value is -3.68. The van der Waals surface area contributed by atoms with Crippen molar-refractivity contribution in [2.24, 2.45) is 10.9 Å². The molecule has 1 saturated carbocycles. The van der Waals surface area contributed by atoms with Gasteiger partial charge >= 0.3 is 0 Å². The summed E-state index contributed by atoms with van der Waals surface area (Å²) < 4.78 is 11.5. The Morgan fingerprint density at radius 1 is 1.24 bits per heavy atom. The van der Waals surface area contributed by atoms with E-state index >= 15 is 0 Å². The SMILES string of the molecule is CNC(=O)c1cnc(NC(=O)C2CC2)c2c1C=C(c1ccc(C3=NC(C)(C)CO3)cc1OC)C2. The van der Waals surface area contributed by atoms with Gasteiger partial charge in [-0.3, -0.25) is 9.59 Å². The van der Waals surface area contributed by atoms with Crippen molar-refractivity contribution >= 4 is 35.2 Å². The zero-order valence-corrected chi connectivity index (χ0v) is 19.8. The van der Waals surface area contributed by atoms with Gasteiger partial charge in [-0.15, -0.1) is 0 Å². The largest absolute Gasteiger partial charge is 0.496 e. The van der Waals surface area contributed by atoms with E-state index in [1.807, 2.05) is 38.1 Å². The number of benzene rings is 1. The number of allylic oxidation sites excluding steroid dienone is 1. The normalized spacial score (nSPS) is 17.9. The minimum Gasteiger partial charge on any atom is -0.496 e. The number of carbonyl (C=O) groups is 2. The number of aromatic nitrogens is 1. The third-order valence-electron chi connectivity index (χ3n) is 6.33. The lowest BCUT2D eigenvalue weighted by Crippen LogP contribution is -2.21. The Morgan fingerprint density at radius 3 is 2.68 bits per heavy atom. The van der Waals surface area contributed by atoms with Crippen LogP contribution >= 0.6 is 0 Å². The molecule has 0 saturated heterocycles. The number of nitrogens with one attached hydrogen (secondary N) is 2. The number of anilines is 1. The second-order valence-electron chi connectivity index (χ2n) is 9.53. The fraction of sp³-hybridized carbons (Fsp3) is 0.385. The van der Waals surface area contributed by atoms with Crippen LogP contribution in [0.15, 0.2) is 29.4 Å². The van der Waals surface area contributed by atoms with Crippen LogP contribution in [-0.2, 0) is 16.0 Å². The summed E-state index contributed by atoms with van der Waals surface area (Å²) in [7, 11) is 3.22. The first-order chi connectivity index (χ1) is 16.3. The van der Waals surface area contributed by atoms with E-state index in [9.17, 15) is 9.59 Å². The number of fused-ring (bicyclic) bond motifs is 1. The van der Waals surface area contributed by atoms with Crippen molar-refractivity contribution in [3.63, 3.8) is 0 Å². The number of hydrogen-bond acceptors (Lipinski definition) is 6. The zero-order valence-electron chi connectivity index (χ0n) is 19.8. The van der Waals surface area contributed by atoms with Gasteiger partial charge in [0, 0.05) is 42.3 Å². The first-order valence-corrected chi connectivity index (χ1v) is 11.5. The lowest BCUT2D eigenvalue weighted by Gasteiger charge is -2.13. The van der Waals surface area contributed by atoms with Gasteiger partial charge < -0.3 is 20.1 Å². The summed E-state index contributed by atoms with van der Waals surface area (Å²) in [6.07, 6.45) is 5.84. The van der Waals surface area contributed by atoms with Gasteiger partial charge in [-0.2, -0.15) is 0 Å². The van der Waals surface area contributed by atoms with Crippen LogP contribution in [0.1, 0.15) is 59.3 Å². The molecule has 2 N–H and O–H groups in total. The van der Waals surface area contributed by atoms with E-state index in [-0.39, 0.29) is 23.3 Å². The number of aliphatic imine (C=N–C) groups is 1. The monoisotopic (exact) mass is 460 g/mol. The smallest absolute Gasteiger partial charge is 0.253 e. The van der Waals surface area contributed by atoms with E-state index in [1.165, 1.54) is 6.20 Å². The van der Waals surface area contributed by atoms with E-state index in [4.69, 9.17) is 9.47 Å². The number of methoxy groups -OCH3 is 1. The minimum atomic E-state index is -0.249. The van der Waals surface area contributed by atoms with Crippen LogP contribution in [0.4, 0.5) is 5.82 Å². The van der Waals surface area contributed by atoms with Crippen LogP contribution in [0, 0.1) is 5.92 Å². The molecule has 1 fully saturated rings. The van der Waals surface area contributed by atoms with Crippen LogP contribution in [0.25, 0.3) is 11.6 Å². The van der Waals surface area contributed by atoms with Crippen molar-refractivity contribution < 1.29 is 19.1 Å². The summed E-state index contributed by atoms with van der Waals surface area (Å²) in [6, 6.07) is 5.88. The van der Waals surface area contributed by atoms with Crippen molar-refractivity contribution in [1.29, 1.82) is 0 Å². The van der Waals surface area contributed by atoms with Crippen LogP contribution in [-0.4, -0.2) is 49.0 Å². The number of rotatable bonds is 6. The molecule has 5 rings (SSSR count). The Bertz CT molecular complexity index is 1260. The van der Waals surface area contributed by atoms with E-state index in [0.717, 1.165) is 40.7 Å². The summed E-state index contributed by atoms with van der Waals surface area (Å²) in [6.45, 7) is 4.60. The third kappa shape index (κ3) is 4.04. The van der Waals surface area contributed by atoms with Gasteiger partial charge in [0.15, 0.2) is 0 Å². The molecule has 34 heavy (non-hydrogen) atoms. The van der Waals surface area contributed by atoms with Crippen molar-refractivity contribution in [3.8, 4) is 5.75 Å². The summed E-state index contributed by atoms with van der Waals surface area (Å²) in [5, 5.41) is 5.64. The maximum absolute atomic E-state index is 12.5. The predicted molar refractivity (Wildman–Crippen MR) is 130 cm³/mol. The Labute approximate surface area is 198 Å². The second kappa shape index (κ2) is 8.27. The lowest BCUT2D eigenvalue weighted by atomic mass is 10.0. The van der Waals surface area contributed by atoms with Gasteiger partial charge in [0.2, 0.25) is 11.8 Å². The molecular formula is C26H28N4O4. The molecule has 0 unspecified atom stereocenters. The van der Waals surface area contributed by atoms with Crippen LogP contribution in [0.3, 0.4) is 0 Å². The van der Waals surface area contributed by atoms with Crippen LogP contribution < -0.4 is 15.4 Å². The molecule has 1 aromatic heterocycles. The molecule has 1 aromatic carbocycles. The highest BCUT2D eigenvalue weighted by Crippen LogP contribution is 2.41. The molecule has 0 bridgehead atoms. The van der Waals surface area contributed by atoms with E-state index < -0.39 is 0 Å². The molecule has 2 aromatic rings. The highest BCUT2D eigenvalue weighted by atomic mass is 16.5. The number of hydrogen-bond donors (Lipinski definition) is 2. The molecule has 2 aliphatic carbocycles. The highest BCUT2D eigenvalue weighted by molar-refractivity contribution is 6.05. The average Bonchev–Trinajstić information content (AvgIpc) is 3.49. The lowest BCUT2D eigenvalue weighted by molar-refractivity contribution is -0.117. The molecule has 2 heterocycles. The van der Waals surface area contributed by atoms with Crippen LogP contribution in [0.5, 0.6) is 5.75 Å². The zero-order chi connectivity index (χ0) is 24.0. The maximum Gasteiger partial charge on any atom is 0.253 e. The Kier molecular flexibility index (Phi) is 5.38. The molecule has 3 aliphatic rings. The topological polar surface area (TPSA) is 102 Å². The Balaban J connectivity index is 1.51. The summed E-state index contributed by atoms with van der Waals surface area (Å²) >= 11 is 0. The fourth-order valence-electron chi connectivity index (χ4n) is 4.31. The fourth-order valence-corrected chi connectivity index (χ4v) is 4.31. The van der Waals surface area contributed by atoms with Gasteiger partial charge in [-0.1, -0.05) is 6.07 Å². The van der Waals surface area contributed by atoms with Crippen molar-refractivity contribution in [2.45, 2.75) is 38.6 Å². The number of carbonyl (C=O) groups excluding carboxylic acids is 2. The molecule has 8 heteroatoms. The van der Waals surface area contributed by atoms with Gasteiger partial charge in [0.25, 0.3) is 5.91 Å². The number of ether oxygens (including phenoxy) is 2. The quantitative estimate of drug-likeness (QED) is 0.688.